The molecule has 0 N–H and O–H groups in total. The number of thiol groups is 1. The standard InChI is InChI=1S/C9H10ClFS/c1-6(12)4-7-2-3-9(11)8(10)5-7/h2-3,5-6,12H,4H2,1H3/t6-/m1/s1. The average molecular weight is 205 g/mol. The fourth-order valence-corrected chi connectivity index (χ4v) is 1.42. The molecule has 0 fully saturated rings. The number of hydrogen-bond donors (Lipinski definition) is 1. The van der Waals surface area contributed by atoms with E-state index in [9.17, 15) is 4.39 Å². The fraction of sp³-hybridized carbons (Fsp3) is 0.333. The quantitative estimate of drug-likeness (QED) is 0.702. The Morgan fingerprint density at radius 3 is 2.75 bits per heavy atom. The number of benzene rings is 1. The molecule has 66 valence electrons. The van der Waals surface area contributed by atoms with Crippen LogP contribution in [0, 0.1) is 5.82 Å². The van der Waals surface area contributed by atoms with Crippen LogP contribution in [0.3, 0.4) is 0 Å². The molecule has 0 bridgehead atoms. The van der Waals surface area contributed by atoms with Crippen molar-refractivity contribution in [3.8, 4) is 0 Å². The first kappa shape index (κ1) is 9.87. The Morgan fingerprint density at radius 1 is 1.58 bits per heavy atom. The van der Waals surface area contributed by atoms with Gasteiger partial charge in [0.1, 0.15) is 5.82 Å². The van der Waals surface area contributed by atoms with Crippen LogP contribution in [0.1, 0.15) is 12.5 Å². The molecule has 1 atom stereocenters. The maximum Gasteiger partial charge on any atom is 0.141 e. The smallest absolute Gasteiger partial charge is 0.141 e. The summed E-state index contributed by atoms with van der Waals surface area (Å²) in [7, 11) is 0. The third-order valence-corrected chi connectivity index (χ3v) is 1.99. The van der Waals surface area contributed by atoms with Gasteiger partial charge in [-0.2, -0.15) is 12.6 Å². The Morgan fingerprint density at radius 2 is 2.25 bits per heavy atom. The van der Waals surface area contributed by atoms with Gasteiger partial charge in [0.15, 0.2) is 0 Å². The second-order valence-electron chi connectivity index (χ2n) is 2.80. The van der Waals surface area contributed by atoms with Gasteiger partial charge in [-0.25, -0.2) is 4.39 Å². The highest BCUT2D eigenvalue weighted by molar-refractivity contribution is 7.80. The highest BCUT2D eigenvalue weighted by atomic mass is 35.5. The van der Waals surface area contributed by atoms with Crippen molar-refractivity contribution < 1.29 is 4.39 Å². The molecular formula is C9H10ClFS. The van der Waals surface area contributed by atoms with Gasteiger partial charge in [0.25, 0.3) is 0 Å². The third-order valence-electron chi connectivity index (χ3n) is 1.52. The Kier molecular flexibility index (Phi) is 3.41. The zero-order valence-corrected chi connectivity index (χ0v) is 8.37. The van der Waals surface area contributed by atoms with E-state index in [1.165, 1.54) is 6.07 Å². The summed E-state index contributed by atoms with van der Waals surface area (Å²) in [6, 6.07) is 4.76. The third kappa shape index (κ3) is 2.68. The minimum atomic E-state index is -0.368. The molecule has 12 heavy (non-hydrogen) atoms. The first-order valence-corrected chi connectivity index (χ1v) is 4.61. The van der Waals surface area contributed by atoms with Crippen molar-refractivity contribution in [2.75, 3.05) is 0 Å². The summed E-state index contributed by atoms with van der Waals surface area (Å²) in [5, 5.41) is 0.452. The average Bonchev–Trinajstić information content (AvgIpc) is 1.96. The first-order chi connectivity index (χ1) is 5.59. The molecule has 1 aromatic carbocycles. The molecule has 0 amide bonds. The van der Waals surface area contributed by atoms with Crippen LogP contribution in [0.15, 0.2) is 18.2 Å². The second-order valence-corrected chi connectivity index (χ2v) is 4.09. The van der Waals surface area contributed by atoms with Crippen LogP contribution in [-0.4, -0.2) is 5.25 Å². The topological polar surface area (TPSA) is 0 Å². The van der Waals surface area contributed by atoms with Gasteiger partial charge in [-0.15, -0.1) is 0 Å². The minimum absolute atomic E-state index is 0.182. The summed E-state index contributed by atoms with van der Waals surface area (Å²) in [6.45, 7) is 1.99. The van der Waals surface area contributed by atoms with Gasteiger partial charge in [-0.05, 0) is 24.1 Å². The summed E-state index contributed by atoms with van der Waals surface area (Å²) in [5.74, 6) is -0.368. The van der Waals surface area contributed by atoms with Gasteiger partial charge in [0.2, 0.25) is 0 Å². The Labute approximate surface area is 82.2 Å². The predicted octanol–water partition coefficient (Wildman–Crippen LogP) is 3.34. The summed E-state index contributed by atoms with van der Waals surface area (Å²) in [6.07, 6.45) is 0.809. The van der Waals surface area contributed by atoms with Crippen molar-refractivity contribution in [2.24, 2.45) is 0 Å². The molecule has 0 saturated heterocycles. The van der Waals surface area contributed by atoms with Gasteiger partial charge in [-0.3, -0.25) is 0 Å². The number of hydrogen-bond acceptors (Lipinski definition) is 1. The zero-order valence-electron chi connectivity index (χ0n) is 6.72. The summed E-state index contributed by atoms with van der Waals surface area (Å²) in [4.78, 5) is 0. The van der Waals surface area contributed by atoms with Crippen LogP contribution < -0.4 is 0 Å². The van der Waals surface area contributed by atoms with E-state index in [0.29, 0.717) is 0 Å². The van der Waals surface area contributed by atoms with E-state index in [2.05, 4.69) is 12.6 Å². The molecule has 1 rings (SSSR count). The number of halogens is 2. The van der Waals surface area contributed by atoms with Gasteiger partial charge in [0.05, 0.1) is 5.02 Å². The molecule has 0 aliphatic rings. The van der Waals surface area contributed by atoms with Crippen LogP contribution in [0.2, 0.25) is 5.02 Å². The van der Waals surface area contributed by atoms with Gasteiger partial charge < -0.3 is 0 Å². The van der Waals surface area contributed by atoms with Crippen LogP contribution in [0.25, 0.3) is 0 Å². The highest BCUT2D eigenvalue weighted by Gasteiger charge is 2.02. The lowest BCUT2D eigenvalue weighted by Crippen LogP contribution is -1.97. The lowest BCUT2D eigenvalue weighted by Gasteiger charge is -2.04. The first-order valence-electron chi connectivity index (χ1n) is 3.71. The molecule has 3 heteroatoms. The van der Waals surface area contributed by atoms with E-state index >= 15 is 0 Å². The summed E-state index contributed by atoms with van der Waals surface area (Å²) in [5.41, 5.74) is 1.02. The zero-order chi connectivity index (χ0) is 9.14. The molecule has 0 heterocycles. The molecule has 0 radical (unpaired) electrons. The van der Waals surface area contributed by atoms with Crippen LogP contribution in [0.4, 0.5) is 4.39 Å². The van der Waals surface area contributed by atoms with E-state index in [1.807, 2.05) is 6.92 Å². The van der Waals surface area contributed by atoms with E-state index in [-0.39, 0.29) is 16.1 Å². The molecule has 0 spiro atoms. The lowest BCUT2D eigenvalue weighted by molar-refractivity contribution is 0.627. The highest BCUT2D eigenvalue weighted by Crippen LogP contribution is 2.17. The van der Waals surface area contributed by atoms with Gasteiger partial charge in [0, 0.05) is 5.25 Å². The maximum atomic E-state index is 12.7. The largest absolute Gasteiger partial charge is 0.205 e. The Balaban J connectivity index is 2.82. The lowest BCUT2D eigenvalue weighted by atomic mass is 10.1. The van der Waals surface area contributed by atoms with Crippen LogP contribution in [-0.2, 0) is 6.42 Å². The van der Waals surface area contributed by atoms with Crippen molar-refractivity contribution in [1.29, 1.82) is 0 Å². The van der Waals surface area contributed by atoms with Gasteiger partial charge >= 0.3 is 0 Å². The van der Waals surface area contributed by atoms with Crippen molar-refractivity contribution in [2.45, 2.75) is 18.6 Å². The molecule has 0 aliphatic heterocycles. The number of rotatable bonds is 2. The molecule has 0 nitrogen and oxygen atoms in total. The SMILES string of the molecule is C[C@@H](S)Cc1ccc(F)c(Cl)c1. The van der Waals surface area contributed by atoms with Crippen molar-refractivity contribution in [1.82, 2.24) is 0 Å². The second kappa shape index (κ2) is 4.15. The normalized spacial score (nSPS) is 13.0. The van der Waals surface area contributed by atoms with Crippen molar-refractivity contribution in [3.05, 3.63) is 34.6 Å². The minimum Gasteiger partial charge on any atom is -0.205 e. The Bertz CT molecular complexity index is 273. The molecule has 0 aromatic heterocycles. The molecule has 0 aliphatic carbocycles. The summed E-state index contributed by atoms with van der Waals surface area (Å²) >= 11 is 9.83. The predicted molar refractivity (Wildman–Crippen MR) is 53.6 cm³/mol. The molecule has 0 saturated carbocycles. The van der Waals surface area contributed by atoms with Gasteiger partial charge in [-0.1, -0.05) is 24.6 Å². The van der Waals surface area contributed by atoms with E-state index < -0.39 is 0 Å². The monoisotopic (exact) mass is 204 g/mol. The molecular weight excluding hydrogens is 195 g/mol. The van der Waals surface area contributed by atoms with E-state index in [0.717, 1.165) is 12.0 Å². The van der Waals surface area contributed by atoms with Crippen molar-refractivity contribution in [3.63, 3.8) is 0 Å². The maximum absolute atomic E-state index is 12.7. The van der Waals surface area contributed by atoms with Crippen LogP contribution in [0.5, 0.6) is 0 Å². The molecule has 1 aromatic rings. The fourth-order valence-electron chi connectivity index (χ4n) is 1.01. The molecule has 0 unspecified atom stereocenters. The van der Waals surface area contributed by atoms with E-state index in [4.69, 9.17) is 11.6 Å². The van der Waals surface area contributed by atoms with E-state index in [1.54, 1.807) is 12.1 Å². The van der Waals surface area contributed by atoms with Crippen LogP contribution >= 0.6 is 24.2 Å². The van der Waals surface area contributed by atoms with Crippen molar-refractivity contribution >= 4 is 24.2 Å². The Hall–Kier alpha value is -0.210. The summed E-state index contributed by atoms with van der Waals surface area (Å²) < 4.78 is 12.7.